The Bertz CT molecular complexity index is 2420. The minimum Gasteiger partial charge on any atom is -0.495 e. The molecule has 5 aromatic rings. The molecule has 4 heterocycles. The number of fused-ring (bicyclic) bond motifs is 1. The lowest BCUT2D eigenvalue weighted by Gasteiger charge is -2.28. The molecular weight excluding hydrogens is 749 g/mol. The first kappa shape index (κ1) is 38.7. The molecule has 0 aliphatic carbocycles. The summed E-state index contributed by atoms with van der Waals surface area (Å²) >= 11 is 13.6. The van der Waals surface area contributed by atoms with Crippen molar-refractivity contribution in [3.05, 3.63) is 126 Å². The van der Waals surface area contributed by atoms with Gasteiger partial charge in [0, 0.05) is 42.3 Å². The van der Waals surface area contributed by atoms with Crippen LogP contribution >= 0.6 is 23.2 Å². The topological polar surface area (TPSA) is 177 Å². The van der Waals surface area contributed by atoms with E-state index in [9.17, 15) is 19.7 Å². The lowest BCUT2D eigenvalue weighted by molar-refractivity contribution is -0.880. The normalized spacial score (nSPS) is 12.8. The molecule has 17 heteroatoms. The fraction of sp³-hybridized carbons (Fsp3) is 0.237. The van der Waals surface area contributed by atoms with Gasteiger partial charge in [-0.2, -0.15) is 4.98 Å². The van der Waals surface area contributed by atoms with Crippen LogP contribution in [0.2, 0.25) is 10.0 Å². The van der Waals surface area contributed by atoms with E-state index in [2.05, 4.69) is 25.3 Å². The molecule has 55 heavy (non-hydrogen) atoms. The molecular formula is C38H36Cl2N9O6+. The molecule has 6 rings (SSSR count). The summed E-state index contributed by atoms with van der Waals surface area (Å²) in [5, 5.41) is 15.1. The quantitative estimate of drug-likeness (QED) is 0.0564. The Morgan fingerprint density at radius 2 is 1.82 bits per heavy atom. The standard InChI is InChI=1S/C38H35Cl2N9O6/c1-49(2,21-25-10-13-42-35(25)48(52)53)14-6-9-27(50)16-23-7-5-8-24(15-23)20-47-36-26(19-43-38(46-36)45-31-11-12-41-22-44-31)17-28(37(47)51)32-33(39)29(54-3)18-30(55-4)34(32)40/h5-9,11-13,15,17-19,22H,10,14,16,20-21H2,1-4H3/p+1/b9-6+. The third-order valence-corrected chi connectivity index (χ3v) is 9.52. The second-order valence-electron chi connectivity index (χ2n) is 13.3. The van der Waals surface area contributed by atoms with E-state index in [1.54, 1.807) is 42.9 Å². The largest absolute Gasteiger partial charge is 0.495 e. The van der Waals surface area contributed by atoms with Crippen LogP contribution in [-0.4, -0.2) is 87.3 Å². The van der Waals surface area contributed by atoms with E-state index in [1.807, 2.05) is 38.4 Å². The number of benzene rings is 2. The molecule has 0 spiro atoms. The first-order chi connectivity index (χ1) is 26.4. The van der Waals surface area contributed by atoms with Gasteiger partial charge in [-0.3, -0.25) is 14.2 Å². The summed E-state index contributed by atoms with van der Waals surface area (Å²) in [5.41, 5.74) is 2.38. The molecule has 0 atom stereocenters. The highest BCUT2D eigenvalue weighted by Crippen LogP contribution is 2.45. The fourth-order valence-corrected chi connectivity index (χ4v) is 6.92. The number of methoxy groups -OCH3 is 2. The molecule has 1 aliphatic heterocycles. The zero-order valence-corrected chi connectivity index (χ0v) is 31.8. The van der Waals surface area contributed by atoms with Gasteiger partial charge in [0.25, 0.3) is 5.56 Å². The van der Waals surface area contributed by atoms with Crippen LogP contribution in [0, 0.1) is 10.1 Å². The lowest BCUT2D eigenvalue weighted by atomic mass is 10.0. The van der Waals surface area contributed by atoms with Gasteiger partial charge in [-0.15, -0.1) is 0 Å². The number of rotatable bonds is 15. The molecule has 2 aromatic carbocycles. The van der Waals surface area contributed by atoms with E-state index >= 15 is 0 Å². The average Bonchev–Trinajstić information content (AvgIpc) is 3.62. The minimum absolute atomic E-state index is 0.0682. The number of aliphatic imine (C=N–C) groups is 1. The summed E-state index contributed by atoms with van der Waals surface area (Å²) in [7, 11) is 6.78. The molecule has 1 N–H and O–H groups in total. The number of aromatic nitrogens is 5. The highest BCUT2D eigenvalue weighted by molar-refractivity contribution is 6.41. The molecule has 15 nitrogen and oxygen atoms in total. The maximum Gasteiger partial charge on any atom is 0.368 e. The Labute approximate surface area is 325 Å². The van der Waals surface area contributed by atoms with E-state index < -0.39 is 10.5 Å². The second-order valence-corrected chi connectivity index (χ2v) is 14.0. The molecule has 0 radical (unpaired) electrons. The van der Waals surface area contributed by atoms with Crippen LogP contribution in [0.25, 0.3) is 22.2 Å². The Balaban J connectivity index is 1.31. The van der Waals surface area contributed by atoms with Crippen molar-refractivity contribution in [2.45, 2.75) is 19.4 Å². The van der Waals surface area contributed by atoms with Crippen LogP contribution in [0.5, 0.6) is 11.5 Å². The van der Waals surface area contributed by atoms with Crippen LogP contribution in [-0.2, 0) is 17.8 Å². The molecule has 0 amide bonds. The molecule has 0 unspecified atom stereocenters. The Kier molecular flexibility index (Phi) is 11.6. The number of hydrogen-bond acceptors (Lipinski definition) is 12. The molecule has 0 saturated heterocycles. The summed E-state index contributed by atoms with van der Waals surface area (Å²) < 4.78 is 12.8. The Hall–Kier alpha value is -6.03. The number of carbonyl (C=O) groups excluding carboxylic acids is 1. The molecule has 3 aromatic heterocycles. The van der Waals surface area contributed by atoms with Crippen LogP contribution in [0.4, 0.5) is 11.8 Å². The van der Waals surface area contributed by atoms with Gasteiger partial charge in [0.2, 0.25) is 5.95 Å². The van der Waals surface area contributed by atoms with Gasteiger partial charge in [0.1, 0.15) is 42.1 Å². The molecule has 0 fully saturated rings. The van der Waals surface area contributed by atoms with Gasteiger partial charge < -0.3 is 29.4 Å². The Morgan fingerprint density at radius 3 is 2.51 bits per heavy atom. The smallest absolute Gasteiger partial charge is 0.368 e. The van der Waals surface area contributed by atoms with Crippen molar-refractivity contribution >= 4 is 58.0 Å². The van der Waals surface area contributed by atoms with Crippen molar-refractivity contribution in [3.8, 4) is 22.6 Å². The molecule has 282 valence electrons. The maximum absolute atomic E-state index is 14.5. The fourth-order valence-electron chi connectivity index (χ4n) is 6.21. The number of ketones is 1. The average molecular weight is 786 g/mol. The van der Waals surface area contributed by atoms with E-state index in [4.69, 9.17) is 37.7 Å². The summed E-state index contributed by atoms with van der Waals surface area (Å²) in [6.45, 7) is 0.980. The van der Waals surface area contributed by atoms with E-state index in [1.165, 1.54) is 31.2 Å². The Morgan fingerprint density at radius 1 is 1.07 bits per heavy atom. The number of allylic oxidation sites excluding steroid dienone is 1. The van der Waals surface area contributed by atoms with Crippen LogP contribution in [0.15, 0.2) is 94.5 Å². The monoisotopic (exact) mass is 784 g/mol. The van der Waals surface area contributed by atoms with Crippen molar-refractivity contribution in [3.63, 3.8) is 0 Å². The van der Waals surface area contributed by atoms with Crippen molar-refractivity contribution in [1.29, 1.82) is 0 Å². The number of carbonyl (C=O) groups is 1. The number of ether oxygens (including phenoxy) is 2. The number of quaternary nitrogens is 1. The van der Waals surface area contributed by atoms with E-state index in [0.717, 1.165) is 11.1 Å². The van der Waals surface area contributed by atoms with Gasteiger partial charge in [-0.25, -0.2) is 15.0 Å². The number of nitro groups is 1. The summed E-state index contributed by atoms with van der Waals surface area (Å²) in [5.74, 6) is 0.964. The van der Waals surface area contributed by atoms with E-state index in [0.29, 0.717) is 46.4 Å². The van der Waals surface area contributed by atoms with Crippen LogP contribution < -0.4 is 20.3 Å². The van der Waals surface area contributed by atoms with Crippen LogP contribution in [0.3, 0.4) is 0 Å². The third-order valence-electron chi connectivity index (χ3n) is 8.76. The molecule has 0 bridgehead atoms. The predicted molar refractivity (Wildman–Crippen MR) is 210 cm³/mol. The van der Waals surface area contributed by atoms with Gasteiger partial charge >= 0.3 is 5.82 Å². The first-order valence-corrected chi connectivity index (χ1v) is 17.6. The number of nitrogens with zero attached hydrogens (tertiary/aromatic N) is 8. The van der Waals surface area contributed by atoms with Gasteiger partial charge in [-0.1, -0.05) is 52.5 Å². The zero-order chi connectivity index (χ0) is 39.3. The maximum atomic E-state index is 14.5. The van der Waals surface area contributed by atoms with Gasteiger partial charge in [0.05, 0.1) is 62.6 Å². The lowest BCUT2D eigenvalue weighted by Crippen LogP contribution is -2.41. The number of likely N-dealkylation sites (N-methyl/N-ethyl adjacent to an activating group) is 1. The van der Waals surface area contributed by atoms with Gasteiger partial charge in [0.15, 0.2) is 5.78 Å². The van der Waals surface area contributed by atoms with E-state index in [-0.39, 0.29) is 63.2 Å². The number of anilines is 2. The number of nitrogens with one attached hydrogen (secondary N) is 1. The second kappa shape index (κ2) is 16.5. The molecule has 0 saturated carbocycles. The summed E-state index contributed by atoms with van der Waals surface area (Å²) in [6.07, 6.45) is 9.94. The van der Waals surface area contributed by atoms with Crippen LogP contribution in [0.1, 0.15) is 17.5 Å². The number of hydrogen-bond donors (Lipinski definition) is 1. The highest BCUT2D eigenvalue weighted by atomic mass is 35.5. The first-order valence-electron chi connectivity index (χ1n) is 16.9. The van der Waals surface area contributed by atoms with Crippen molar-refractivity contribution in [1.82, 2.24) is 24.5 Å². The third kappa shape index (κ3) is 8.86. The molecule has 1 aliphatic rings. The van der Waals surface area contributed by atoms with Crippen molar-refractivity contribution < 1.29 is 23.7 Å². The number of pyridine rings is 1. The highest BCUT2D eigenvalue weighted by Gasteiger charge is 2.28. The van der Waals surface area contributed by atoms with Gasteiger partial charge in [-0.05, 0) is 40.3 Å². The van der Waals surface area contributed by atoms with Crippen molar-refractivity contribution in [2.75, 3.05) is 46.7 Å². The minimum atomic E-state index is -0.463. The predicted octanol–water partition coefficient (Wildman–Crippen LogP) is 6.07. The SMILES string of the molecule is COc1cc(OC)c(Cl)c(-c2cc3cnc(Nc4ccncn4)nc3n(Cc3cccc(CC(=O)/C=C/C[N+](C)(C)CC4=C([N+](=O)[O-])N=CC4)c3)c2=O)c1Cl. The number of halogens is 2. The summed E-state index contributed by atoms with van der Waals surface area (Å²) in [4.78, 5) is 59.6. The summed E-state index contributed by atoms with van der Waals surface area (Å²) in [6, 6.07) is 12.2. The van der Waals surface area contributed by atoms with Crippen molar-refractivity contribution in [2.24, 2.45) is 4.99 Å². The zero-order valence-electron chi connectivity index (χ0n) is 30.3.